The standard InChI is InChI=1S/C13H9Cl2NO2.C13H10ClNO3.Cl2OS/c14-9-3-1-4-10(7-9)18-12-5-2-6-16-11(12)8-13(15)17;14-9-3-1-4-10(7-9)18-12-5-2-6-15-11(12)8-13(16)17;1-4(2)3/h1-7H,8H2;1-7H,8H2,(H,16,17);. The summed E-state index contributed by atoms with van der Waals surface area (Å²) in [4.78, 5) is 29.7. The number of aliphatic carboxylic acids is 1. The molecule has 14 heteroatoms. The Bertz CT molecular complexity index is 1350. The number of hydrogen-bond donors (Lipinski definition) is 1. The van der Waals surface area contributed by atoms with Gasteiger partial charge in [-0.2, -0.15) is 0 Å². The lowest BCUT2D eigenvalue weighted by Crippen LogP contribution is -2.04. The van der Waals surface area contributed by atoms with Gasteiger partial charge in [-0.1, -0.05) is 35.3 Å². The molecule has 0 bridgehead atoms. The number of hydrogen-bond acceptors (Lipinski definition) is 7. The molecule has 2 aromatic heterocycles. The molecule has 0 fully saturated rings. The average molecular weight is 665 g/mol. The molecule has 2 heterocycles. The largest absolute Gasteiger partial charge is 0.481 e. The van der Waals surface area contributed by atoms with E-state index in [9.17, 15) is 9.59 Å². The molecule has 0 aliphatic heterocycles. The van der Waals surface area contributed by atoms with E-state index < -0.39 is 20.4 Å². The lowest BCUT2D eigenvalue weighted by Gasteiger charge is -2.09. The number of aromatic nitrogens is 2. The van der Waals surface area contributed by atoms with Gasteiger partial charge in [0.15, 0.2) is 0 Å². The van der Waals surface area contributed by atoms with Crippen LogP contribution in [0.3, 0.4) is 0 Å². The molecule has 0 aliphatic carbocycles. The Hall–Kier alpha value is -2.92. The number of nitrogens with zero attached hydrogens (tertiary/aromatic N) is 2. The van der Waals surface area contributed by atoms with Crippen molar-refractivity contribution in [2.45, 2.75) is 12.8 Å². The van der Waals surface area contributed by atoms with Crippen LogP contribution >= 0.6 is 56.2 Å². The van der Waals surface area contributed by atoms with Crippen LogP contribution in [0.1, 0.15) is 11.4 Å². The van der Waals surface area contributed by atoms with Crippen LogP contribution in [0.25, 0.3) is 0 Å². The quantitative estimate of drug-likeness (QED) is 0.188. The third-order valence-electron chi connectivity index (χ3n) is 4.37. The van der Waals surface area contributed by atoms with Gasteiger partial charge in [-0.15, -0.1) is 0 Å². The summed E-state index contributed by atoms with van der Waals surface area (Å²) in [5, 5.41) is 9.43. The van der Waals surface area contributed by atoms with E-state index in [1.165, 1.54) is 6.20 Å². The number of rotatable bonds is 8. The number of pyridine rings is 2. The van der Waals surface area contributed by atoms with Gasteiger partial charge in [-0.3, -0.25) is 19.6 Å². The summed E-state index contributed by atoms with van der Waals surface area (Å²) in [6.07, 6.45) is 2.96. The average Bonchev–Trinajstić information content (AvgIpc) is 2.86. The number of carboxylic acid groups (broad SMARTS) is 1. The highest BCUT2D eigenvalue weighted by Crippen LogP contribution is 2.27. The third-order valence-corrected chi connectivity index (χ3v) is 4.97. The maximum Gasteiger partial charge on any atom is 0.309 e. The fraction of sp³-hybridized carbons (Fsp3) is 0.0769. The first kappa shape index (κ1) is 33.3. The number of benzene rings is 2. The molecule has 0 radical (unpaired) electrons. The number of carbonyl (C=O) groups is 2. The van der Waals surface area contributed by atoms with Crippen LogP contribution in [0, 0.1) is 0 Å². The van der Waals surface area contributed by atoms with E-state index >= 15 is 0 Å². The molecule has 8 nitrogen and oxygen atoms in total. The molecule has 0 saturated carbocycles. The summed E-state index contributed by atoms with van der Waals surface area (Å²) >= 11 is 17.1. The minimum Gasteiger partial charge on any atom is -0.481 e. The normalized spacial score (nSPS) is 9.95. The number of carbonyl (C=O) groups excluding carboxylic acids is 1. The predicted octanol–water partition coefficient (Wildman–Crippen LogP) is 8.03. The molecule has 0 unspecified atom stereocenters. The van der Waals surface area contributed by atoms with Gasteiger partial charge in [0, 0.05) is 43.8 Å². The van der Waals surface area contributed by atoms with Gasteiger partial charge >= 0.3 is 5.97 Å². The van der Waals surface area contributed by atoms with Crippen molar-refractivity contribution in [2.24, 2.45) is 0 Å². The zero-order valence-electron chi connectivity index (χ0n) is 20.2. The summed E-state index contributed by atoms with van der Waals surface area (Å²) in [7, 11) is 7.36. The second-order valence-corrected chi connectivity index (χ2v) is 11.1. The molecular weight excluding hydrogens is 646 g/mol. The van der Waals surface area contributed by atoms with Crippen LogP contribution in [-0.4, -0.2) is 30.5 Å². The lowest BCUT2D eigenvalue weighted by molar-refractivity contribution is -0.136. The van der Waals surface area contributed by atoms with Crippen molar-refractivity contribution in [3.63, 3.8) is 0 Å². The Morgan fingerprint density at radius 1 is 0.750 bits per heavy atom. The van der Waals surface area contributed by atoms with Gasteiger partial charge in [0.2, 0.25) is 14.5 Å². The highest BCUT2D eigenvalue weighted by Gasteiger charge is 2.11. The van der Waals surface area contributed by atoms with Crippen molar-refractivity contribution < 1.29 is 28.4 Å². The highest BCUT2D eigenvalue weighted by molar-refractivity contribution is 8.26. The molecule has 210 valence electrons. The van der Waals surface area contributed by atoms with Crippen molar-refractivity contribution in [1.29, 1.82) is 0 Å². The third kappa shape index (κ3) is 13.4. The molecule has 0 saturated heterocycles. The van der Waals surface area contributed by atoms with Crippen molar-refractivity contribution in [1.82, 2.24) is 9.97 Å². The first-order valence-electron chi connectivity index (χ1n) is 10.9. The maximum atomic E-state index is 10.9. The first-order valence-corrected chi connectivity index (χ1v) is 14.9. The molecule has 1 N–H and O–H groups in total. The fourth-order valence-corrected chi connectivity index (χ4v) is 3.37. The van der Waals surface area contributed by atoms with Crippen LogP contribution in [0.15, 0.2) is 85.2 Å². The SMILES string of the molecule is O=C(Cl)Cc1ncccc1Oc1cccc(Cl)c1.O=C(O)Cc1ncccc1Oc1cccc(Cl)c1.O=S(Cl)Cl. The van der Waals surface area contributed by atoms with Gasteiger partial charge in [0.05, 0.1) is 24.2 Å². The summed E-state index contributed by atoms with van der Waals surface area (Å²) in [6.45, 7) is 0. The van der Waals surface area contributed by atoms with Gasteiger partial charge in [-0.25, -0.2) is 4.21 Å². The molecule has 0 atom stereocenters. The van der Waals surface area contributed by atoms with Crippen molar-refractivity contribution in [3.8, 4) is 23.0 Å². The van der Waals surface area contributed by atoms with E-state index in [1.807, 2.05) is 0 Å². The van der Waals surface area contributed by atoms with Crippen molar-refractivity contribution in [3.05, 3.63) is 107 Å². The predicted molar refractivity (Wildman–Crippen MR) is 157 cm³/mol. The topological polar surface area (TPSA) is 116 Å². The van der Waals surface area contributed by atoms with E-state index in [-0.39, 0.29) is 12.8 Å². The second kappa shape index (κ2) is 17.7. The number of halogens is 5. The summed E-state index contributed by atoms with van der Waals surface area (Å²) in [5.41, 5.74) is 0.877. The Labute approximate surface area is 256 Å². The Morgan fingerprint density at radius 3 is 1.55 bits per heavy atom. The number of carboxylic acids is 1. The van der Waals surface area contributed by atoms with Gasteiger partial charge in [-0.05, 0) is 72.3 Å². The first-order chi connectivity index (χ1) is 19.0. The zero-order valence-corrected chi connectivity index (χ0v) is 24.8. The van der Waals surface area contributed by atoms with Gasteiger partial charge in [0.1, 0.15) is 23.0 Å². The molecule has 0 aliphatic rings. The molecular formula is C26H19Cl5N2O6S. The minimum atomic E-state index is -1.67. The highest BCUT2D eigenvalue weighted by atomic mass is 36.0. The molecule has 4 aromatic rings. The van der Waals surface area contributed by atoms with E-state index in [1.54, 1.807) is 79.0 Å². The van der Waals surface area contributed by atoms with Crippen LogP contribution < -0.4 is 9.47 Å². The second-order valence-electron chi connectivity index (χ2n) is 7.30. The minimum absolute atomic E-state index is 0.0261. The number of ether oxygens (including phenoxy) is 2. The van der Waals surface area contributed by atoms with Gasteiger partial charge in [0.25, 0.3) is 0 Å². The molecule has 0 spiro atoms. The van der Waals surface area contributed by atoms with Crippen LogP contribution in [0.5, 0.6) is 23.0 Å². The van der Waals surface area contributed by atoms with E-state index in [2.05, 4.69) is 31.3 Å². The molecule has 2 aromatic carbocycles. The van der Waals surface area contributed by atoms with Crippen molar-refractivity contribution in [2.75, 3.05) is 0 Å². The zero-order chi connectivity index (χ0) is 29.5. The molecule has 0 amide bonds. The Morgan fingerprint density at radius 2 is 1.18 bits per heavy atom. The monoisotopic (exact) mass is 662 g/mol. The van der Waals surface area contributed by atoms with Crippen LogP contribution in [0.4, 0.5) is 0 Å². The lowest BCUT2D eigenvalue weighted by atomic mass is 10.2. The van der Waals surface area contributed by atoms with Crippen LogP contribution in [-0.2, 0) is 31.7 Å². The van der Waals surface area contributed by atoms with E-state index in [0.717, 1.165) is 0 Å². The molecule has 40 heavy (non-hydrogen) atoms. The van der Waals surface area contributed by atoms with Crippen molar-refractivity contribution >= 4 is 76.6 Å². The van der Waals surface area contributed by atoms with Crippen LogP contribution in [0.2, 0.25) is 10.0 Å². The smallest absolute Gasteiger partial charge is 0.309 e. The summed E-state index contributed by atoms with van der Waals surface area (Å²) in [6, 6.07) is 20.7. The summed E-state index contributed by atoms with van der Waals surface area (Å²) in [5.74, 6) is 1.08. The van der Waals surface area contributed by atoms with E-state index in [0.29, 0.717) is 44.4 Å². The molecule has 4 rings (SSSR count). The Kier molecular flexibility index (Phi) is 14.7. The van der Waals surface area contributed by atoms with E-state index in [4.69, 9.17) is 53.6 Å². The van der Waals surface area contributed by atoms with Gasteiger partial charge < -0.3 is 14.6 Å². The fourth-order valence-electron chi connectivity index (χ4n) is 2.89. The maximum absolute atomic E-state index is 10.9. The summed E-state index contributed by atoms with van der Waals surface area (Å²) < 4.78 is 20.3. The Balaban J connectivity index is 0.000000247.